The van der Waals surface area contributed by atoms with Crippen LogP contribution in [0.15, 0.2) is 23.2 Å². The monoisotopic (exact) mass is 454 g/mol. The summed E-state index contributed by atoms with van der Waals surface area (Å²) in [5.41, 5.74) is 0.327. The Kier molecular flexibility index (Phi) is 9.27. The Labute approximate surface area is 159 Å². The SMILES string of the molecule is CN=C(NCCCOC)N1CCN(c2cc(F)ccc2F)CC1.I. The molecule has 1 saturated heterocycles. The minimum atomic E-state index is -0.417. The number of methoxy groups -OCH3 is 1. The summed E-state index contributed by atoms with van der Waals surface area (Å²) in [6.07, 6.45) is 0.907. The van der Waals surface area contributed by atoms with Crippen LogP contribution in [0.2, 0.25) is 0 Å². The van der Waals surface area contributed by atoms with E-state index in [0.717, 1.165) is 25.0 Å². The molecule has 1 aromatic rings. The molecular weight excluding hydrogens is 429 g/mol. The number of benzene rings is 1. The molecule has 24 heavy (non-hydrogen) atoms. The van der Waals surface area contributed by atoms with Crippen molar-refractivity contribution in [1.29, 1.82) is 0 Å². The molecule has 0 aromatic heterocycles. The number of aliphatic imine (C=N–C) groups is 1. The zero-order chi connectivity index (χ0) is 16.7. The maximum atomic E-state index is 13.8. The second-order valence-electron chi connectivity index (χ2n) is 5.39. The summed E-state index contributed by atoms with van der Waals surface area (Å²) in [5, 5.41) is 3.29. The highest BCUT2D eigenvalue weighted by Gasteiger charge is 2.21. The number of rotatable bonds is 5. The topological polar surface area (TPSA) is 40.1 Å². The van der Waals surface area contributed by atoms with E-state index in [1.165, 1.54) is 12.1 Å². The first kappa shape index (κ1) is 20.9. The minimum absolute atomic E-state index is 0. The van der Waals surface area contributed by atoms with Crippen LogP contribution in [0.4, 0.5) is 14.5 Å². The van der Waals surface area contributed by atoms with Crippen LogP contribution < -0.4 is 10.2 Å². The smallest absolute Gasteiger partial charge is 0.193 e. The molecule has 5 nitrogen and oxygen atoms in total. The molecule has 1 fully saturated rings. The van der Waals surface area contributed by atoms with E-state index in [4.69, 9.17) is 4.74 Å². The van der Waals surface area contributed by atoms with Crippen molar-refractivity contribution in [2.24, 2.45) is 4.99 Å². The average molecular weight is 454 g/mol. The lowest BCUT2D eigenvalue weighted by atomic mass is 10.2. The summed E-state index contributed by atoms with van der Waals surface area (Å²) in [7, 11) is 3.43. The van der Waals surface area contributed by atoms with Crippen LogP contribution in [0.25, 0.3) is 0 Å². The lowest BCUT2D eigenvalue weighted by molar-refractivity contribution is 0.195. The van der Waals surface area contributed by atoms with Crippen molar-refractivity contribution in [2.75, 3.05) is 58.4 Å². The molecule has 0 amide bonds. The van der Waals surface area contributed by atoms with Crippen LogP contribution in [0, 0.1) is 11.6 Å². The maximum absolute atomic E-state index is 13.8. The van der Waals surface area contributed by atoms with E-state index in [1.54, 1.807) is 14.2 Å². The molecule has 2 rings (SSSR count). The predicted octanol–water partition coefficient (Wildman–Crippen LogP) is 2.32. The molecule has 0 saturated carbocycles. The number of guanidine groups is 1. The van der Waals surface area contributed by atoms with Gasteiger partial charge in [-0.15, -0.1) is 24.0 Å². The molecule has 0 atom stereocenters. The van der Waals surface area contributed by atoms with E-state index >= 15 is 0 Å². The highest BCUT2D eigenvalue weighted by Crippen LogP contribution is 2.21. The molecule has 136 valence electrons. The second kappa shape index (κ2) is 10.7. The van der Waals surface area contributed by atoms with Crippen molar-refractivity contribution >= 4 is 35.6 Å². The lowest BCUT2D eigenvalue weighted by Crippen LogP contribution is -2.52. The van der Waals surface area contributed by atoms with Crippen molar-refractivity contribution < 1.29 is 13.5 Å². The minimum Gasteiger partial charge on any atom is -0.385 e. The van der Waals surface area contributed by atoms with Crippen molar-refractivity contribution in [3.05, 3.63) is 29.8 Å². The Morgan fingerprint density at radius 2 is 1.96 bits per heavy atom. The highest BCUT2D eigenvalue weighted by atomic mass is 127. The maximum Gasteiger partial charge on any atom is 0.193 e. The Morgan fingerprint density at radius 3 is 2.58 bits per heavy atom. The van der Waals surface area contributed by atoms with Gasteiger partial charge in [-0.05, 0) is 18.6 Å². The summed E-state index contributed by atoms with van der Waals surface area (Å²) < 4.78 is 32.2. The van der Waals surface area contributed by atoms with E-state index in [9.17, 15) is 8.78 Å². The van der Waals surface area contributed by atoms with Gasteiger partial charge in [-0.1, -0.05) is 0 Å². The fourth-order valence-corrected chi connectivity index (χ4v) is 2.64. The molecule has 0 spiro atoms. The number of halogens is 3. The molecule has 0 aliphatic carbocycles. The van der Waals surface area contributed by atoms with Crippen LogP contribution in [-0.4, -0.2) is 64.3 Å². The Hall–Kier alpha value is -1.16. The quantitative estimate of drug-likeness (QED) is 0.321. The van der Waals surface area contributed by atoms with Crippen molar-refractivity contribution in [3.8, 4) is 0 Å². The number of nitrogens with zero attached hydrogens (tertiary/aromatic N) is 3. The largest absolute Gasteiger partial charge is 0.385 e. The Balaban J connectivity index is 0.00000288. The van der Waals surface area contributed by atoms with Gasteiger partial charge >= 0.3 is 0 Å². The van der Waals surface area contributed by atoms with Crippen LogP contribution in [0.1, 0.15) is 6.42 Å². The molecule has 0 radical (unpaired) electrons. The summed E-state index contributed by atoms with van der Waals surface area (Å²) in [5.74, 6) is 0.0295. The average Bonchev–Trinajstić information content (AvgIpc) is 2.57. The van der Waals surface area contributed by atoms with Gasteiger partial charge in [-0.2, -0.15) is 0 Å². The van der Waals surface area contributed by atoms with E-state index in [1.807, 2.05) is 4.90 Å². The van der Waals surface area contributed by atoms with Gasteiger partial charge in [0.1, 0.15) is 11.6 Å². The van der Waals surface area contributed by atoms with Gasteiger partial charge in [-0.25, -0.2) is 8.78 Å². The number of nitrogens with one attached hydrogen (secondary N) is 1. The fraction of sp³-hybridized carbons (Fsp3) is 0.562. The molecule has 8 heteroatoms. The van der Waals surface area contributed by atoms with Gasteiger partial charge in [0.2, 0.25) is 0 Å². The molecule has 0 unspecified atom stereocenters. The van der Waals surface area contributed by atoms with Gasteiger partial charge in [0.05, 0.1) is 5.69 Å². The van der Waals surface area contributed by atoms with E-state index in [-0.39, 0.29) is 29.8 Å². The van der Waals surface area contributed by atoms with Gasteiger partial charge < -0.3 is 19.9 Å². The zero-order valence-electron chi connectivity index (χ0n) is 14.1. The lowest BCUT2D eigenvalue weighted by Gasteiger charge is -2.37. The van der Waals surface area contributed by atoms with Gasteiger partial charge in [0.15, 0.2) is 5.96 Å². The third kappa shape index (κ3) is 5.73. The van der Waals surface area contributed by atoms with Gasteiger partial charge in [-0.3, -0.25) is 4.99 Å². The molecule has 1 aliphatic rings. The number of hydrogen-bond acceptors (Lipinski definition) is 3. The summed E-state index contributed by atoms with van der Waals surface area (Å²) in [6.45, 7) is 4.16. The van der Waals surface area contributed by atoms with Crippen LogP contribution >= 0.6 is 24.0 Å². The standard InChI is InChI=1S/C16H24F2N4O.HI/c1-19-16(20-6-3-11-23-2)22-9-7-21(8-10-22)15-12-13(17)4-5-14(15)18;/h4-5,12H,3,6-11H2,1-2H3,(H,19,20);1H. The van der Waals surface area contributed by atoms with E-state index in [2.05, 4.69) is 15.2 Å². The molecule has 0 bridgehead atoms. The Morgan fingerprint density at radius 1 is 1.25 bits per heavy atom. The summed E-state index contributed by atoms with van der Waals surface area (Å²) in [6, 6.07) is 3.57. The van der Waals surface area contributed by atoms with Crippen molar-refractivity contribution in [2.45, 2.75) is 6.42 Å². The number of hydrogen-bond donors (Lipinski definition) is 1. The highest BCUT2D eigenvalue weighted by molar-refractivity contribution is 14.0. The normalized spacial score (nSPS) is 15.2. The van der Waals surface area contributed by atoms with Gasteiger partial charge in [0, 0.05) is 59.6 Å². The third-order valence-electron chi connectivity index (χ3n) is 3.85. The van der Waals surface area contributed by atoms with Crippen molar-refractivity contribution in [1.82, 2.24) is 10.2 Å². The first-order valence-electron chi connectivity index (χ1n) is 7.80. The van der Waals surface area contributed by atoms with Crippen LogP contribution in [0.3, 0.4) is 0 Å². The molecular formula is C16H25F2IN4O. The molecule has 1 heterocycles. The van der Waals surface area contributed by atoms with Gasteiger partial charge in [0.25, 0.3) is 0 Å². The summed E-state index contributed by atoms with van der Waals surface area (Å²) in [4.78, 5) is 8.27. The number of anilines is 1. The van der Waals surface area contributed by atoms with E-state index < -0.39 is 5.82 Å². The summed E-state index contributed by atoms with van der Waals surface area (Å²) >= 11 is 0. The third-order valence-corrected chi connectivity index (χ3v) is 3.85. The number of piperazine rings is 1. The molecule has 1 aromatic carbocycles. The van der Waals surface area contributed by atoms with E-state index in [0.29, 0.717) is 38.5 Å². The first-order chi connectivity index (χ1) is 11.2. The molecule has 1 N–H and O–H groups in total. The van der Waals surface area contributed by atoms with Crippen LogP contribution in [0.5, 0.6) is 0 Å². The molecule has 1 aliphatic heterocycles. The van der Waals surface area contributed by atoms with Crippen molar-refractivity contribution in [3.63, 3.8) is 0 Å². The predicted molar refractivity (Wildman–Crippen MR) is 103 cm³/mol. The second-order valence-corrected chi connectivity index (χ2v) is 5.39. The van der Waals surface area contributed by atoms with Crippen LogP contribution in [-0.2, 0) is 4.74 Å². The zero-order valence-corrected chi connectivity index (χ0v) is 16.4. The number of ether oxygens (including phenoxy) is 1. The first-order valence-corrected chi connectivity index (χ1v) is 7.80. The Bertz CT molecular complexity index is 537. The fourth-order valence-electron chi connectivity index (χ4n) is 2.64.